The molecular weight excluding hydrogens is 402 g/mol. The minimum atomic E-state index is -4.61. The fraction of sp³-hybridized carbons (Fsp3) is 0.318. The van der Waals surface area contributed by atoms with Gasteiger partial charge in [-0.1, -0.05) is 36.4 Å². The lowest BCUT2D eigenvalue weighted by molar-refractivity contribution is -0.137. The van der Waals surface area contributed by atoms with Crippen LogP contribution in [-0.4, -0.2) is 36.3 Å². The molecule has 1 fully saturated rings. The molecule has 2 aliphatic rings. The zero-order valence-corrected chi connectivity index (χ0v) is 15.9. The van der Waals surface area contributed by atoms with E-state index in [0.717, 1.165) is 23.8 Å². The van der Waals surface area contributed by atoms with Gasteiger partial charge in [0, 0.05) is 0 Å². The van der Waals surface area contributed by atoms with Gasteiger partial charge in [0.2, 0.25) is 0 Å². The van der Waals surface area contributed by atoms with Crippen molar-refractivity contribution in [2.24, 2.45) is 0 Å². The Morgan fingerprint density at radius 2 is 1.90 bits per heavy atom. The summed E-state index contributed by atoms with van der Waals surface area (Å²) in [5.41, 5.74) is 0.0910. The number of rotatable bonds is 3. The molecule has 2 aromatic rings. The first kappa shape index (κ1) is 20.4. The largest absolute Gasteiger partial charge is 0.445 e. The van der Waals surface area contributed by atoms with Crippen molar-refractivity contribution in [1.29, 1.82) is 0 Å². The second-order valence-corrected chi connectivity index (χ2v) is 7.29. The van der Waals surface area contributed by atoms with Crippen molar-refractivity contribution in [2.45, 2.75) is 31.3 Å². The average molecular weight is 421 g/mol. The molecule has 0 radical (unpaired) electrons. The summed E-state index contributed by atoms with van der Waals surface area (Å²) in [7, 11) is 0. The summed E-state index contributed by atoms with van der Waals surface area (Å²) in [5, 5.41) is 0. The van der Waals surface area contributed by atoms with Crippen LogP contribution in [0.2, 0.25) is 0 Å². The number of fused-ring (bicyclic) bond motifs is 2. The van der Waals surface area contributed by atoms with Gasteiger partial charge in [-0.3, -0.25) is 4.90 Å². The summed E-state index contributed by atoms with van der Waals surface area (Å²) in [6, 6.07) is 10.5. The molecular formula is C22H19F4NO3. The van der Waals surface area contributed by atoms with Gasteiger partial charge in [-0.05, 0) is 41.3 Å². The summed E-state index contributed by atoms with van der Waals surface area (Å²) >= 11 is 0. The first-order chi connectivity index (χ1) is 14.3. The average Bonchev–Trinajstić information content (AvgIpc) is 2.71. The van der Waals surface area contributed by atoms with Gasteiger partial charge in [0.15, 0.2) is 0 Å². The molecule has 0 aliphatic carbocycles. The number of benzene rings is 2. The van der Waals surface area contributed by atoms with Gasteiger partial charge in [0.1, 0.15) is 12.4 Å². The maximum atomic E-state index is 13.7. The van der Waals surface area contributed by atoms with Crippen molar-refractivity contribution in [3.05, 3.63) is 77.1 Å². The highest BCUT2D eigenvalue weighted by Gasteiger charge is 2.41. The van der Waals surface area contributed by atoms with Crippen LogP contribution in [0.1, 0.15) is 23.1 Å². The second-order valence-electron chi connectivity index (χ2n) is 7.29. The summed E-state index contributed by atoms with van der Waals surface area (Å²) in [4.78, 5) is 14.2. The minimum Gasteiger partial charge on any atom is -0.445 e. The van der Waals surface area contributed by atoms with Crippen LogP contribution >= 0.6 is 0 Å². The Morgan fingerprint density at radius 3 is 2.60 bits per heavy atom. The molecule has 30 heavy (non-hydrogen) atoms. The molecule has 0 aromatic heterocycles. The lowest BCUT2D eigenvalue weighted by Gasteiger charge is -2.44. The zero-order valence-electron chi connectivity index (χ0n) is 15.9. The van der Waals surface area contributed by atoms with Gasteiger partial charge in [0.25, 0.3) is 0 Å². The minimum absolute atomic E-state index is 0.0924. The third-order valence-corrected chi connectivity index (χ3v) is 5.25. The SMILES string of the molecule is O=C(OCc1ccccc1)N1C2C=C(c3cc(F)ccc3C(F)(F)F)CC1COC2. The van der Waals surface area contributed by atoms with Crippen LogP contribution in [0.25, 0.3) is 5.57 Å². The molecule has 2 heterocycles. The fourth-order valence-corrected chi connectivity index (χ4v) is 3.90. The Balaban J connectivity index is 1.58. The van der Waals surface area contributed by atoms with Crippen molar-refractivity contribution in [3.63, 3.8) is 0 Å². The number of morpholine rings is 1. The van der Waals surface area contributed by atoms with Gasteiger partial charge < -0.3 is 9.47 Å². The van der Waals surface area contributed by atoms with E-state index >= 15 is 0 Å². The first-order valence-corrected chi connectivity index (χ1v) is 9.47. The quantitative estimate of drug-likeness (QED) is 0.652. The summed E-state index contributed by atoms with van der Waals surface area (Å²) in [6.07, 6.45) is -3.50. The fourth-order valence-electron chi connectivity index (χ4n) is 3.90. The molecule has 2 aliphatic heterocycles. The van der Waals surface area contributed by atoms with Crippen molar-refractivity contribution in [3.8, 4) is 0 Å². The highest BCUT2D eigenvalue weighted by molar-refractivity contribution is 5.76. The molecule has 8 heteroatoms. The lowest BCUT2D eigenvalue weighted by Crippen LogP contribution is -2.56. The maximum absolute atomic E-state index is 13.7. The molecule has 4 rings (SSSR count). The van der Waals surface area contributed by atoms with Crippen molar-refractivity contribution >= 4 is 11.7 Å². The molecule has 0 saturated carbocycles. The van der Waals surface area contributed by atoms with E-state index in [9.17, 15) is 22.4 Å². The Kier molecular flexibility index (Phi) is 5.51. The number of hydrogen-bond donors (Lipinski definition) is 0. The van der Waals surface area contributed by atoms with Crippen LogP contribution < -0.4 is 0 Å². The number of carbonyl (C=O) groups is 1. The predicted molar refractivity (Wildman–Crippen MR) is 101 cm³/mol. The number of carbonyl (C=O) groups excluding carboxylic acids is 1. The smallest absolute Gasteiger partial charge is 0.416 e. The van der Waals surface area contributed by atoms with Gasteiger partial charge in [-0.25, -0.2) is 9.18 Å². The van der Waals surface area contributed by atoms with E-state index < -0.39 is 35.7 Å². The van der Waals surface area contributed by atoms with Crippen LogP contribution in [-0.2, 0) is 22.3 Å². The van der Waals surface area contributed by atoms with E-state index in [1.165, 1.54) is 4.90 Å². The molecule has 4 nitrogen and oxygen atoms in total. The first-order valence-electron chi connectivity index (χ1n) is 9.47. The van der Waals surface area contributed by atoms with Gasteiger partial charge >= 0.3 is 12.3 Å². The number of amides is 1. The number of hydrogen-bond acceptors (Lipinski definition) is 3. The number of ether oxygens (including phenoxy) is 2. The van der Waals surface area contributed by atoms with E-state index in [4.69, 9.17) is 9.47 Å². The van der Waals surface area contributed by atoms with E-state index in [1.807, 2.05) is 30.3 Å². The highest BCUT2D eigenvalue weighted by atomic mass is 19.4. The summed E-state index contributed by atoms with van der Waals surface area (Å²) in [6.45, 7) is 0.400. The Bertz CT molecular complexity index is 959. The van der Waals surface area contributed by atoms with E-state index in [2.05, 4.69) is 0 Å². The lowest BCUT2D eigenvalue weighted by atomic mass is 9.87. The van der Waals surface area contributed by atoms with Crippen LogP contribution in [0.3, 0.4) is 0 Å². The van der Waals surface area contributed by atoms with Crippen LogP contribution in [0.4, 0.5) is 22.4 Å². The van der Waals surface area contributed by atoms with Crippen molar-refractivity contribution in [2.75, 3.05) is 13.2 Å². The number of alkyl halides is 3. The van der Waals surface area contributed by atoms with Crippen LogP contribution in [0, 0.1) is 5.82 Å². The maximum Gasteiger partial charge on any atom is 0.416 e. The zero-order chi connectivity index (χ0) is 21.3. The molecule has 1 amide bonds. The Labute approximate surface area is 170 Å². The van der Waals surface area contributed by atoms with Crippen LogP contribution in [0.15, 0.2) is 54.6 Å². The number of nitrogens with zero attached hydrogens (tertiary/aromatic N) is 1. The third kappa shape index (κ3) is 4.18. The van der Waals surface area contributed by atoms with E-state index in [0.29, 0.717) is 5.57 Å². The normalized spacial score (nSPS) is 21.2. The third-order valence-electron chi connectivity index (χ3n) is 5.25. The summed E-state index contributed by atoms with van der Waals surface area (Å²) in [5.74, 6) is -0.745. The van der Waals surface area contributed by atoms with Crippen molar-refractivity contribution in [1.82, 2.24) is 4.90 Å². The monoisotopic (exact) mass is 421 g/mol. The molecule has 2 bridgehead atoms. The molecule has 2 unspecified atom stereocenters. The van der Waals surface area contributed by atoms with Gasteiger partial charge in [-0.2, -0.15) is 13.2 Å². The standard InChI is InChI=1S/C22H19F4NO3/c23-16-6-7-20(22(24,25)26)19(10-16)15-8-17-12-29-13-18(9-15)27(17)21(28)30-11-14-4-2-1-3-5-14/h1-8,10,17-18H,9,11-13H2. The van der Waals surface area contributed by atoms with Gasteiger partial charge in [-0.15, -0.1) is 0 Å². The summed E-state index contributed by atoms with van der Waals surface area (Å²) < 4.78 is 64.9. The molecule has 0 N–H and O–H groups in total. The molecule has 2 aromatic carbocycles. The van der Waals surface area contributed by atoms with Crippen molar-refractivity contribution < 1.29 is 31.8 Å². The highest BCUT2D eigenvalue weighted by Crippen LogP contribution is 2.40. The van der Waals surface area contributed by atoms with E-state index in [1.54, 1.807) is 6.08 Å². The van der Waals surface area contributed by atoms with Gasteiger partial charge in [0.05, 0.1) is 30.9 Å². The molecule has 2 atom stereocenters. The topological polar surface area (TPSA) is 38.8 Å². The molecule has 0 spiro atoms. The van der Waals surface area contributed by atoms with E-state index in [-0.39, 0.29) is 31.8 Å². The number of halogens is 4. The Hall–Kier alpha value is -2.87. The van der Waals surface area contributed by atoms with Crippen LogP contribution in [0.5, 0.6) is 0 Å². The molecule has 158 valence electrons. The second kappa shape index (κ2) is 8.10. The predicted octanol–water partition coefficient (Wildman–Crippen LogP) is 5.04. The Morgan fingerprint density at radius 1 is 1.13 bits per heavy atom. The molecule has 1 saturated heterocycles.